The van der Waals surface area contributed by atoms with Gasteiger partial charge in [0.15, 0.2) is 17.3 Å². The quantitative estimate of drug-likeness (QED) is 0.401. The van der Waals surface area contributed by atoms with Crippen LogP contribution in [0.25, 0.3) is 5.65 Å². The van der Waals surface area contributed by atoms with Crippen LogP contribution in [0, 0.1) is 23.6 Å². The second-order valence-corrected chi connectivity index (χ2v) is 14.5. The van der Waals surface area contributed by atoms with Crippen LogP contribution in [-0.4, -0.2) is 106 Å². The topological polar surface area (TPSA) is 133 Å². The molecule has 7 rings (SSSR count). The Balaban J connectivity index is 1.10. The molecule has 0 aromatic carbocycles. The molecule has 13 heteroatoms. The maximum atomic E-state index is 17.3. The number of nitrogen functional groups attached to an aromatic ring is 1. The van der Waals surface area contributed by atoms with E-state index in [1.807, 2.05) is 0 Å². The molecule has 5 atom stereocenters. The standard InChI is InChI=1S/C33H49F2N9O2/c34-24-16-38-30-26(29(36)41-44(30)20-24)31(45)40-25-17-39-33(10-6-4-2-1-3-5-7-11-33)28(35)27(25)42-12-8-21(9-13-42)32(46)43-18-22-14-37-15-23(22)19-43/h16,20-23,25,27-28,37,39H,1-15,17-19H2,(H2,36,41)(H,40,45). The van der Waals surface area contributed by atoms with E-state index in [2.05, 4.69) is 35.8 Å². The summed E-state index contributed by atoms with van der Waals surface area (Å²) in [6.07, 6.45) is 11.6. The summed E-state index contributed by atoms with van der Waals surface area (Å²) in [6.45, 7) is 5.27. The number of carbonyl (C=O) groups is 2. The first-order valence-corrected chi connectivity index (χ1v) is 17.6. The lowest BCUT2D eigenvalue weighted by Gasteiger charge is -2.53. The molecule has 2 aromatic heterocycles. The van der Waals surface area contributed by atoms with E-state index >= 15 is 4.39 Å². The van der Waals surface area contributed by atoms with Crippen LogP contribution in [0.15, 0.2) is 12.4 Å². The van der Waals surface area contributed by atoms with E-state index in [1.165, 1.54) is 19.3 Å². The Morgan fingerprint density at radius 1 is 0.978 bits per heavy atom. The molecule has 5 aliphatic rings. The number of carbonyl (C=O) groups excluding carboxylic acids is 2. The number of amides is 2. The van der Waals surface area contributed by atoms with Gasteiger partial charge in [0.1, 0.15) is 11.7 Å². The van der Waals surface area contributed by atoms with Gasteiger partial charge >= 0.3 is 0 Å². The third kappa shape index (κ3) is 6.10. The van der Waals surface area contributed by atoms with Crippen LogP contribution in [0.3, 0.4) is 0 Å². The molecule has 0 bridgehead atoms. The fourth-order valence-corrected chi connectivity index (χ4v) is 9.11. The molecule has 0 radical (unpaired) electrons. The van der Waals surface area contributed by atoms with Crippen LogP contribution in [0.5, 0.6) is 0 Å². The van der Waals surface area contributed by atoms with E-state index in [0.717, 1.165) is 81.6 Å². The van der Waals surface area contributed by atoms with Crippen molar-refractivity contribution < 1.29 is 18.4 Å². The van der Waals surface area contributed by atoms with Crippen molar-refractivity contribution in [1.82, 2.24) is 40.3 Å². The molecule has 2 amide bonds. The number of nitrogens with one attached hydrogen (secondary N) is 3. The fourth-order valence-electron chi connectivity index (χ4n) is 9.11. The Morgan fingerprint density at radius 2 is 1.63 bits per heavy atom. The van der Waals surface area contributed by atoms with Crippen LogP contribution in [0.4, 0.5) is 14.6 Å². The monoisotopic (exact) mass is 641 g/mol. The zero-order chi connectivity index (χ0) is 31.8. The van der Waals surface area contributed by atoms with Gasteiger partial charge in [-0.05, 0) is 50.6 Å². The summed E-state index contributed by atoms with van der Waals surface area (Å²) < 4.78 is 32.3. The first-order chi connectivity index (χ1) is 22.3. The first-order valence-electron chi connectivity index (χ1n) is 17.6. The number of fused-ring (bicyclic) bond motifs is 2. The highest BCUT2D eigenvalue weighted by molar-refractivity contribution is 6.04. The number of likely N-dealkylation sites (tertiary alicyclic amines) is 2. The fraction of sp³-hybridized carbons (Fsp3) is 0.758. The highest BCUT2D eigenvalue weighted by Crippen LogP contribution is 2.38. The third-order valence-corrected chi connectivity index (χ3v) is 11.7. The van der Waals surface area contributed by atoms with Gasteiger partial charge in [0.2, 0.25) is 5.91 Å². The summed E-state index contributed by atoms with van der Waals surface area (Å²) in [5, 5.41) is 14.2. The number of hydrogen-bond donors (Lipinski definition) is 4. The van der Waals surface area contributed by atoms with E-state index in [-0.39, 0.29) is 28.9 Å². The van der Waals surface area contributed by atoms with E-state index in [0.29, 0.717) is 44.3 Å². The highest BCUT2D eigenvalue weighted by atomic mass is 19.1. The predicted octanol–water partition coefficient (Wildman–Crippen LogP) is 2.51. The zero-order valence-corrected chi connectivity index (χ0v) is 26.7. The van der Waals surface area contributed by atoms with Gasteiger partial charge in [-0.15, -0.1) is 5.10 Å². The number of nitrogens with two attached hydrogens (primary N) is 1. The number of alkyl halides is 1. The molecule has 4 saturated heterocycles. The molecule has 5 N–H and O–H groups in total. The van der Waals surface area contributed by atoms with E-state index < -0.39 is 35.5 Å². The smallest absolute Gasteiger partial charge is 0.259 e. The molecular weight excluding hydrogens is 592 g/mol. The van der Waals surface area contributed by atoms with Crippen LogP contribution >= 0.6 is 0 Å². The molecule has 5 unspecified atom stereocenters. The molecule has 11 nitrogen and oxygen atoms in total. The van der Waals surface area contributed by atoms with E-state index in [1.54, 1.807) is 0 Å². The van der Waals surface area contributed by atoms with Gasteiger partial charge in [-0.2, -0.15) is 0 Å². The minimum absolute atomic E-state index is 0.0523. The van der Waals surface area contributed by atoms with Gasteiger partial charge < -0.3 is 26.6 Å². The van der Waals surface area contributed by atoms with Gasteiger partial charge in [-0.3, -0.25) is 14.5 Å². The average molecular weight is 642 g/mol. The molecule has 1 saturated carbocycles. The number of aromatic nitrogens is 3. The molecular formula is C33H49F2N9O2. The SMILES string of the molecule is Nc1nn2cc(F)cnc2c1C(=O)NC1CNC2(CCCCCCCCC2)C(F)C1N1CCC(C(=O)N2CC3CNCC3C2)CC1. The molecule has 46 heavy (non-hydrogen) atoms. The van der Waals surface area contributed by atoms with Crippen molar-refractivity contribution in [3.8, 4) is 0 Å². The molecule has 5 fully saturated rings. The third-order valence-electron chi connectivity index (χ3n) is 11.7. The maximum Gasteiger partial charge on any atom is 0.259 e. The van der Waals surface area contributed by atoms with Gasteiger partial charge in [0.05, 0.1) is 30.0 Å². The average Bonchev–Trinajstić information content (AvgIpc) is 3.75. The van der Waals surface area contributed by atoms with Gasteiger partial charge in [0.25, 0.3) is 5.91 Å². The van der Waals surface area contributed by atoms with Crippen molar-refractivity contribution in [2.24, 2.45) is 17.8 Å². The first kappa shape index (κ1) is 31.7. The number of rotatable bonds is 4. The van der Waals surface area contributed by atoms with Gasteiger partial charge in [0, 0.05) is 38.6 Å². The Morgan fingerprint density at radius 3 is 2.30 bits per heavy atom. The molecule has 4 aliphatic heterocycles. The Hall–Kier alpha value is -2.90. The lowest BCUT2D eigenvalue weighted by Crippen LogP contribution is -2.73. The lowest BCUT2D eigenvalue weighted by molar-refractivity contribution is -0.137. The van der Waals surface area contributed by atoms with Crippen molar-refractivity contribution in [3.63, 3.8) is 0 Å². The second kappa shape index (κ2) is 13.3. The van der Waals surface area contributed by atoms with Crippen LogP contribution < -0.4 is 21.7 Å². The highest BCUT2D eigenvalue weighted by Gasteiger charge is 2.52. The Labute approximate surface area is 269 Å². The number of piperidine rings is 2. The van der Waals surface area contributed by atoms with E-state index in [4.69, 9.17) is 5.73 Å². The molecule has 1 spiro atoms. The summed E-state index contributed by atoms with van der Waals surface area (Å²) in [4.78, 5) is 35.6. The van der Waals surface area contributed by atoms with Crippen molar-refractivity contribution >= 4 is 23.3 Å². The Bertz CT molecular complexity index is 1390. The minimum atomic E-state index is -1.21. The molecule has 1 aliphatic carbocycles. The van der Waals surface area contributed by atoms with Gasteiger partial charge in [-0.1, -0.05) is 44.9 Å². The summed E-state index contributed by atoms with van der Waals surface area (Å²) in [5.74, 6) is 0.150. The molecule has 6 heterocycles. The zero-order valence-electron chi connectivity index (χ0n) is 26.7. The second-order valence-electron chi connectivity index (χ2n) is 14.5. The molecule has 2 aromatic rings. The number of anilines is 1. The predicted molar refractivity (Wildman–Crippen MR) is 170 cm³/mol. The maximum absolute atomic E-state index is 17.3. The lowest BCUT2D eigenvalue weighted by atomic mass is 9.73. The number of hydrogen-bond acceptors (Lipinski definition) is 8. The van der Waals surface area contributed by atoms with Gasteiger partial charge in [-0.25, -0.2) is 18.3 Å². The van der Waals surface area contributed by atoms with Crippen molar-refractivity contribution in [1.29, 1.82) is 0 Å². The summed E-state index contributed by atoms with van der Waals surface area (Å²) >= 11 is 0. The van der Waals surface area contributed by atoms with Crippen LogP contribution in [-0.2, 0) is 4.79 Å². The Kier molecular flexibility index (Phi) is 9.17. The summed E-state index contributed by atoms with van der Waals surface area (Å²) in [5.41, 5.74) is 5.67. The normalized spacial score (nSPS) is 31.3. The van der Waals surface area contributed by atoms with Crippen molar-refractivity contribution in [3.05, 3.63) is 23.8 Å². The van der Waals surface area contributed by atoms with Crippen molar-refractivity contribution in [2.75, 3.05) is 51.5 Å². The van der Waals surface area contributed by atoms with E-state index in [9.17, 15) is 14.0 Å². The van der Waals surface area contributed by atoms with Crippen LogP contribution in [0.1, 0.15) is 81.0 Å². The largest absolute Gasteiger partial charge is 0.381 e. The van der Waals surface area contributed by atoms with Crippen molar-refractivity contribution in [2.45, 2.75) is 94.4 Å². The molecule has 252 valence electrons. The summed E-state index contributed by atoms with van der Waals surface area (Å²) in [7, 11) is 0. The summed E-state index contributed by atoms with van der Waals surface area (Å²) in [6, 6.07) is -1.11. The minimum Gasteiger partial charge on any atom is -0.381 e. The van der Waals surface area contributed by atoms with Crippen LogP contribution in [0.2, 0.25) is 0 Å². The number of nitrogens with zero attached hydrogens (tertiary/aromatic N) is 5. The number of halogens is 2.